The van der Waals surface area contributed by atoms with E-state index in [1.807, 2.05) is 24.3 Å². The van der Waals surface area contributed by atoms with Gasteiger partial charge in [0.15, 0.2) is 11.5 Å². The summed E-state index contributed by atoms with van der Waals surface area (Å²) in [4.78, 5) is 26.4. The van der Waals surface area contributed by atoms with E-state index in [9.17, 15) is 9.59 Å². The Labute approximate surface area is 139 Å². The first kappa shape index (κ1) is 14.8. The number of benzene rings is 1. The van der Waals surface area contributed by atoms with Crippen molar-refractivity contribution in [2.24, 2.45) is 0 Å². The topological polar surface area (TPSA) is 55.8 Å². The Morgan fingerprint density at radius 2 is 1.88 bits per heavy atom. The van der Waals surface area contributed by atoms with Crippen LogP contribution < -0.4 is 9.47 Å². The van der Waals surface area contributed by atoms with E-state index < -0.39 is 11.7 Å². The molecule has 1 aromatic rings. The van der Waals surface area contributed by atoms with Crippen LogP contribution >= 0.6 is 0 Å². The van der Waals surface area contributed by atoms with E-state index >= 15 is 0 Å². The molecule has 0 fully saturated rings. The number of carbonyl (C=O) groups is 2. The SMILES string of the molecule is COc1cc2c3c(c1OC)C1C=CC=CC1=CC3N(C)C(=O)C2=O. The van der Waals surface area contributed by atoms with E-state index in [1.165, 1.54) is 12.0 Å². The van der Waals surface area contributed by atoms with Gasteiger partial charge in [0.1, 0.15) is 0 Å². The number of amides is 1. The first-order valence-corrected chi connectivity index (χ1v) is 7.75. The van der Waals surface area contributed by atoms with Crippen LogP contribution in [-0.2, 0) is 4.79 Å². The van der Waals surface area contributed by atoms with Crippen molar-refractivity contribution in [1.82, 2.24) is 4.90 Å². The van der Waals surface area contributed by atoms with Gasteiger partial charge >= 0.3 is 0 Å². The summed E-state index contributed by atoms with van der Waals surface area (Å²) in [6.07, 6.45) is 10.1. The third kappa shape index (κ3) is 1.75. The third-order valence-electron chi connectivity index (χ3n) is 4.94. The maximum Gasteiger partial charge on any atom is 0.295 e. The summed E-state index contributed by atoms with van der Waals surface area (Å²) in [7, 11) is 4.79. The second-order valence-electron chi connectivity index (χ2n) is 6.07. The maximum atomic E-state index is 12.6. The van der Waals surface area contributed by atoms with Crippen LogP contribution in [0.2, 0.25) is 0 Å². The number of methoxy groups -OCH3 is 2. The van der Waals surface area contributed by atoms with Crippen LogP contribution in [-0.4, -0.2) is 37.9 Å². The van der Waals surface area contributed by atoms with Crippen molar-refractivity contribution in [1.29, 1.82) is 0 Å². The molecule has 122 valence electrons. The van der Waals surface area contributed by atoms with Gasteiger partial charge in [-0.2, -0.15) is 0 Å². The minimum absolute atomic E-state index is 0.0144. The molecule has 2 atom stereocenters. The fraction of sp³-hybridized carbons (Fsp3) is 0.263. The van der Waals surface area contributed by atoms with Crippen LogP contribution in [0.1, 0.15) is 33.4 Å². The summed E-state index contributed by atoms with van der Waals surface area (Å²) >= 11 is 0. The Balaban J connectivity index is 2.10. The molecule has 24 heavy (non-hydrogen) atoms. The highest BCUT2D eigenvalue weighted by Gasteiger charge is 2.43. The molecule has 0 spiro atoms. The van der Waals surface area contributed by atoms with Crippen molar-refractivity contribution in [3.8, 4) is 11.5 Å². The molecule has 0 radical (unpaired) electrons. The molecule has 2 aliphatic carbocycles. The van der Waals surface area contributed by atoms with E-state index in [-0.39, 0.29) is 12.0 Å². The van der Waals surface area contributed by atoms with Crippen LogP contribution in [0.25, 0.3) is 0 Å². The largest absolute Gasteiger partial charge is 0.493 e. The number of ether oxygens (including phenoxy) is 2. The fourth-order valence-corrected chi connectivity index (χ4v) is 3.80. The zero-order valence-corrected chi connectivity index (χ0v) is 13.7. The van der Waals surface area contributed by atoms with Crippen molar-refractivity contribution >= 4 is 11.7 Å². The number of carbonyl (C=O) groups excluding carboxylic acids is 2. The summed E-state index contributed by atoms with van der Waals surface area (Å²) < 4.78 is 11.1. The Bertz CT molecular complexity index is 863. The Morgan fingerprint density at radius 1 is 1.08 bits per heavy atom. The molecular formula is C19H17NO4. The molecule has 1 aromatic carbocycles. The molecule has 3 aliphatic rings. The number of Topliss-reactive ketones (excluding diaryl/α,β-unsaturated/α-hetero) is 1. The molecule has 2 unspecified atom stereocenters. The number of allylic oxidation sites excluding steroid dienone is 5. The standard InChI is InChI=1S/C19H17NO4/c1-20-13-8-10-6-4-5-7-11(10)16-15(13)12(17(21)19(20)22)9-14(23-2)18(16)24-3/h4-9,11,13H,1-3H3. The van der Waals surface area contributed by atoms with Crippen molar-refractivity contribution < 1.29 is 19.1 Å². The second kappa shape index (κ2) is 5.09. The number of fused-ring (bicyclic) bond motifs is 2. The molecule has 5 heteroatoms. The quantitative estimate of drug-likeness (QED) is 0.785. The Hall–Kier alpha value is -2.82. The average Bonchev–Trinajstić information content (AvgIpc) is 2.62. The van der Waals surface area contributed by atoms with Gasteiger partial charge in [-0.25, -0.2) is 0 Å². The average molecular weight is 323 g/mol. The molecule has 0 saturated carbocycles. The minimum atomic E-state index is -0.503. The third-order valence-corrected chi connectivity index (χ3v) is 4.94. The normalized spacial score (nSPS) is 23.6. The van der Waals surface area contributed by atoms with Crippen molar-refractivity contribution in [3.05, 3.63) is 58.7 Å². The lowest BCUT2D eigenvalue weighted by Crippen LogP contribution is -2.43. The maximum absolute atomic E-state index is 12.6. The molecule has 1 amide bonds. The first-order chi connectivity index (χ1) is 11.6. The van der Waals surface area contributed by atoms with Crippen LogP contribution in [0.15, 0.2) is 42.0 Å². The van der Waals surface area contributed by atoms with Crippen molar-refractivity contribution in [2.45, 2.75) is 12.0 Å². The fourth-order valence-electron chi connectivity index (χ4n) is 3.80. The number of hydrogen-bond donors (Lipinski definition) is 0. The zero-order valence-electron chi connectivity index (χ0n) is 13.7. The zero-order chi connectivity index (χ0) is 17.0. The minimum Gasteiger partial charge on any atom is -0.493 e. The molecule has 0 aromatic heterocycles. The van der Waals surface area contributed by atoms with Gasteiger partial charge in [-0.15, -0.1) is 0 Å². The Kier molecular flexibility index (Phi) is 3.13. The second-order valence-corrected chi connectivity index (χ2v) is 6.07. The van der Waals surface area contributed by atoms with Gasteiger partial charge in [0, 0.05) is 24.1 Å². The number of hydrogen-bond acceptors (Lipinski definition) is 4. The molecule has 1 aliphatic heterocycles. The van der Waals surface area contributed by atoms with Crippen LogP contribution in [0.3, 0.4) is 0 Å². The number of ketones is 1. The molecule has 0 saturated heterocycles. The summed E-state index contributed by atoms with van der Waals surface area (Å²) in [6, 6.07) is 1.35. The number of rotatable bonds is 2. The summed E-state index contributed by atoms with van der Waals surface area (Å²) in [5, 5.41) is 0. The van der Waals surface area contributed by atoms with Crippen LogP contribution in [0.5, 0.6) is 11.5 Å². The first-order valence-electron chi connectivity index (χ1n) is 7.75. The highest BCUT2D eigenvalue weighted by Crippen LogP contribution is 2.52. The number of nitrogens with zero attached hydrogens (tertiary/aromatic N) is 1. The molecule has 0 bridgehead atoms. The van der Waals surface area contributed by atoms with Crippen molar-refractivity contribution in [3.63, 3.8) is 0 Å². The lowest BCUT2D eigenvalue weighted by molar-refractivity contribution is -0.127. The van der Waals surface area contributed by atoms with Gasteiger partial charge in [0.25, 0.3) is 11.7 Å². The van der Waals surface area contributed by atoms with E-state index in [0.717, 1.165) is 16.7 Å². The van der Waals surface area contributed by atoms with E-state index in [2.05, 4.69) is 6.08 Å². The van der Waals surface area contributed by atoms with Gasteiger partial charge in [0.05, 0.1) is 20.3 Å². The van der Waals surface area contributed by atoms with Crippen LogP contribution in [0, 0.1) is 0 Å². The van der Waals surface area contributed by atoms with Crippen molar-refractivity contribution in [2.75, 3.05) is 21.3 Å². The van der Waals surface area contributed by atoms with Gasteiger partial charge in [-0.1, -0.05) is 30.4 Å². The van der Waals surface area contributed by atoms with E-state index in [0.29, 0.717) is 17.1 Å². The number of likely N-dealkylation sites (N-methyl/N-ethyl adjacent to an activating group) is 1. The van der Waals surface area contributed by atoms with E-state index in [1.54, 1.807) is 20.2 Å². The summed E-state index contributed by atoms with van der Waals surface area (Å²) in [5.74, 6) is 0.0705. The molecule has 4 rings (SSSR count). The Morgan fingerprint density at radius 3 is 2.58 bits per heavy atom. The van der Waals surface area contributed by atoms with Gasteiger partial charge < -0.3 is 14.4 Å². The predicted molar refractivity (Wildman–Crippen MR) is 88.5 cm³/mol. The lowest BCUT2D eigenvalue weighted by atomic mass is 9.73. The summed E-state index contributed by atoms with van der Waals surface area (Å²) in [5.41, 5.74) is 3.24. The lowest BCUT2D eigenvalue weighted by Gasteiger charge is -2.39. The van der Waals surface area contributed by atoms with Gasteiger partial charge in [-0.05, 0) is 17.2 Å². The van der Waals surface area contributed by atoms with Gasteiger partial charge in [-0.3, -0.25) is 9.59 Å². The molecule has 1 heterocycles. The molecule has 5 nitrogen and oxygen atoms in total. The highest BCUT2D eigenvalue weighted by molar-refractivity contribution is 6.44. The van der Waals surface area contributed by atoms with Crippen LogP contribution in [0.4, 0.5) is 0 Å². The van der Waals surface area contributed by atoms with Gasteiger partial charge in [0.2, 0.25) is 0 Å². The molecule has 0 N–H and O–H groups in total. The summed E-state index contributed by atoms with van der Waals surface area (Å²) in [6.45, 7) is 0. The smallest absolute Gasteiger partial charge is 0.295 e. The monoisotopic (exact) mass is 323 g/mol. The van der Waals surface area contributed by atoms with E-state index in [4.69, 9.17) is 9.47 Å². The predicted octanol–water partition coefficient (Wildman–Crippen LogP) is 2.55. The molecular weight excluding hydrogens is 306 g/mol. The highest BCUT2D eigenvalue weighted by atomic mass is 16.5.